The van der Waals surface area contributed by atoms with Gasteiger partial charge >= 0.3 is 6.18 Å². The molecule has 0 radical (unpaired) electrons. The molecule has 1 fully saturated rings. The number of furan rings is 1. The molecular weight excluding hydrogens is 467 g/mol. The van der Waals surface area contributed by atoms with Crippen LogP contribution in [0, 0.1) is 0 Å². The van der Waals surface area contributed by atoms with Crippen molar-refractivity contribution in [2.75, 3.05) is 6.54 Å². The lowest BCUT2D eigenvalue weighted by Gasteiger charge is -2.25. The first-order valence-electron chi connectivity index (χ1n) is 11.2. The minimum Gasteiger partial charge on any atom is -0.472 e. The van der Waals surface area contributed by atoms with Crippen LogP contribution in [0.2, 0.25) is 0 Å². The van der Waals surface area contributed by atoms with Crippen LogP contribution in [0.5, 0.6) is 0 Å². The maximum Gasteiger partial charge on any atom is 0.416 e. The summed E-state index contributed by atoms with van der Waals surface area (Å²) >= 11 is 1.23. The molecule has 1 aromatic carbocycles. The number of benzene rings is 1. The summed E-state index contributed by atoms with van der Waals surface area (Å²) in [5, 5.41) is 3.29. The fourth-order valence-electron chi connectivity index (χ4n) is 4.08. The Kier molecular flexibility index (Phi) is 6.80. The molecule has 2 amide bonds. The number of thioether (sulfide) groups is 1. The molecule has 1 aliphatic carbocycles. The van der Waals surface area contributed by atoms with Crippen LogP contribution in [0.15, 0.2) is 52.3 Å². The van der Waals surface area contributed by atoms with Crippen LogP contribution in [-0.2, 0) is 11.0 Å². The molecule has 2 aliphatic rings. The van der Waals surface area contributed by atoms with E-state index in [0.29, 0.717) is 30.1 Å². The first kappa shape index (κ1) is 24.4. The van der Waals surface area contributed by atoms with E-state index in [9.17, 15) is 22.8 Å². The summed E-state index contributed by atoms with van der Waals surface area (Å²) in [6.07, 6.45) is 1.44. The number of amides is 2. The Balaban J connectivity index is 1.35. The lowest BCUT2D eigenvalue weighted by atomic mass is 10.0. The molecule has 1 aliphatic heterocycles. The van der Waals surface area contributed by atoms with Crippen LogP contribution < -0.4 is 5.32 Å². The van der Waals surface area contributed by atoms with Crippen LogP contribution in [0.3, 0.4) is 0 Å². The van der Waals surface area contributed by atoms with Gasteiger partial charge in [-0.1, -0.05) is 30.0 Å². The van der Waals surface area contributed by atoms with E-state index in [0.717, 1.165) is 18.9 Å². The first-order chi connectivity index (χ1) is 16.1. The lowest BCUT2D eigenvalue weighted by Crippen LogP contribution is -2.35. The largest absolute Gasteiger partial charge is 0.472 e. The van der Waals surface area contributed by atoms with Gasteiger partial charge in [0.1, 0.15) is 11.0 Å². The number of alkyl halides is 3. The third-order valence-corrected chi connectivity index (χ3v) is 7.35. The number of nitrogens with one attached hydrogen (secondary N) is 1. The van der Waals surface area contributed by atoms with Gasteiger partial charge in [-0.15, -0.1) is 0 Å². The number of rotatable bonds is 8. The fourth-order valence-corrected chi connectivity index (χ4v) is 5.25. The van der Waals surface area contributed by atoms with Gasteiger partial charge in [-0.05, 0) is 57.2 Å². The van der Waals surface area contributed by atoms with Crippen molar-refractivity contribution in [1.82, 2.24) is 10.2 Å². The topological polar surface area (TPSA) is 74.9 Å². The molecule has 2 atom stereocenters. The third kappa shape index (κ3) is 5.32. The van der Waals surface area contributed by atoms with E-state index in [-0.39, 0.29) is 23.4 Å². The molecular formula is C24H26F3N3O3S. The maximum atomic E-state index is 13.4. The summed E-state index contributed by atoms with van der Waals surface area (Å²) in [6.45, 7) is 3.91. The highest BCUT2D eigenvalue weighted by Crippen LogP contribution is 2.39. The fraction of sp³-hybridized carbons (Fsp3) is 0.458. The van der Waals surface area contributed by atoms with Gasteiger partial charge in [-0.3, -0.25) is 9.59 Å². The number of carbonyl (C=O) groups excluding carboxylic acids is 2. The second kappa shape index (κ2) is 9.48. The summed E-state index contributed by atoms with van der Waals surface area (Å²) < 4.78 is 44.3. The number of amidine groups is 1. The van der Waals surface area contributed by atoms with Crippen molar-refractivity contribution in [2.24, 2.45) is 4.99 Å². The molecule has 1 saturated carbocycles. The molecule has 1 N–H and O–H groups in total. The highest BCUT2D eigenvalue weighted by atomic mass is 32.2. The van der Waals surface area contributed by atoms with Crippen molar-refractivity contribution in [2.45, 2.75) is 62.5 Å². The van der Waals surface area contributed by atoms with Crippen molar-refractivity contribution in [1.29, 1.82) is 0 Å². The highest BCUT2D eigenvalue weighted by molar-refractivity contribution is 8.16. The molecule has 2 heterocycles. The molecule has 6 nitrogen and oxygen atoms in total. The lowest BCUT2D eigenvalue weighted by molar-refractivity contribution is -0.138. The number of hydrogen-bond donors (Lipinski definition) is 1. The number of aliphatic imine (C=N–C) groups is 1. The molecule has 4 rings (SSSR count). The Morgan fingerprint density at radius 1 is 1.32 bits per heavy atom. The Labute approximate surface area is 200 Å². The van der Waals surface area contributed by atoms with Crippen molar-refractivity contribution in [3.63, 3.8) is 0 Å². The maximum absolute atomic E-state index is 13.4. The molecule has 2 aromatic rings. The number of carbonyl (C=O) groups is 2. The van der Waals surface area contributed by atoms with Gasteiger partial charge in [0.25, 0.3) is 11.8 Å². The molecule has 0 spiro atoms. The average molecular weight is 494 g/mol. The Morgan fingerprint density at radius 3 is 2.71 bits per heavy atom. The molecule has 10 heteroatoms. The van der Waals surface area contributed by atoms with Gasteiger partial charge in [0.2, 0.25) is 0 Å². The third-order valence-electron chi connectivity index (χ3n) is 6.12. The number of halogens is 3. The second-order valence-corrected chi connectivity index (χ2v) is 10.3. The Hall–Kier alpha value is -2.75. The number of hydrogen-bond acceptors (Lipinski definition) is 5. The zero-order valence-electron chi connectivity index (χ0n) is 18.9. The standard InChI is InChI=1S/C24H26F3N3O3S/c1-15(18-6-3-4-7-19(18)24(25,26)27)28-22-29-21(32)23(2,34-22)11-5-12-30(17-8-9-17)20(31)16-10-13-33-14-16/h3-4,6-7,10,13-15,17H,5,8-9,11-12H2,1-2H3,(H,28,29,32)/t15-,23?/m0/s1. The molecule has 0 saturated heterocycles. The van der Waals surface area contributed by atoms with Crippen LogP contribution in [0.25, 0.3) is 0 Å². The molecule has 182 valence electrons. The summed E-state index contributed by atoms with van der Waals surface area (Å²) in [7, 11) is 0. The summed E-state index contributed by atoms with van der Waals surface area (Å²) in [5.74, 6) is -0.405. The summed E-state index contributed by atoms with van der Waals surface area (Å²) in [5.41, 5.74) is -0.111. The monoisotopic (exact) mass is 493 g/mol. The van der Waals surface area contributed by atoms with E-state index >= 15 is 0 Å². The van der Waals surface area contributed by atoms with E-state index in [4.69, 9.17) is 4.42 Å². The van der Waals surface area contributed by atoms with E-state index in [1.165, 1.54) is 36.4 Å². The zero-order chi connectivity index (χ0) is 24.5. The van der Waals surface area contributed by atoms with Crippen molar-refractivity contribution in [3.05, 3.63) is 59.5 Å². The zero-order valence-corrected chi connectivity index (χ0v) is 19.7. The van der Waals surface area contributed by atoms with Crippen LogP contribution in [0.4, 0.5) is 13.2 Å². The highest BCUT2D eigenvalue weighted by Gasteiger charge is 2.42. The molecule has 34 heavy (non-hydrogen) atoms. The second-order valence-electron chi connectivity index (χ2n) is 8.85. The molecule has 1 aromatic heterocycles. The smallest absolute Gasteiger partial charge is 0.416 e. The first-order valence-corrected chi connectivity index (χ1v) is 12.0. The van der Waals surface area contributed by atoms with Gasteiger partial charge in [-0.2, -0.15) is 18.2 Å². The minimum atomic E-state index is -4.47. The van der Waals surface area contributed by atoms with Crippen molar-refractivity contribution in [3.8, 4) is 0 Å². The van der Waals surface area contributed by atoms with E-state index in [1.54, 1.807) is 26.0 Å². The summed E-state index contributed by atoms with van der Waals surface area (Å²) in [6, 6.07) is 6.54. The minimum absolute atomic E-state index is 0.0810. The van der Waals surface area contributed by atoms with E-state index in [1.807, 2.05) is 4.90 Å². The van der Waals surface area contributed by atoms with Crippen molar-refractivity contribution < 1.29 is 27.2 Å². The predicted molar refractivity (Wildman–Crippen MR) is 123 cm³/mol. The normalized spacial score (nSPS) is 21.3. The van der Waals surface area contributed by atoms with Crippen LogP contribution in [0.1, 0.15) is 67.1 Å². The molecule has 1 unspecified atom stereocenters. The quantitative estimate of drug-likeness (QED) is 0.531. The predicted octanol–water partition coefficient (Wildman–Crippen LogP) is 5.42. The van der Waals surface area contributed by atoms with Gasteiger partial charge in [0.15, 0.2) is 5.17 Å². The van der Waals surface area contributed by atoms with E-state index in [2.05, 4.69) is 10.3 Å². The van der Waals surface area contributed by atoms with Gasteiger partial charge in [-0.25, -0.2) is 0 Å². The number of nitrogens with zero attached hydrogens (tertiary/aromatic N) is 2. The van der Waals surface area contributed by atoms with E-state index < -0.39 is 22.5 Å². The van der Waals surface area contributed by atoms with Crippen molar-refractivity contribution >= 4 is 28.7 Å². The SMILES string of the molecule is C[C@H](NC1=NC(=O)C(C)(CCCN(C(=O)c2ccoc2)C2CC2)S1)c1ccccc1C(F)(F)F. The van der Waals surface area contributed by atoms with Gasteiger partial charge < -0.3 is 14.6 Å². The Morgan fingerprint density at radius 2 is 2.06 bits per heavy atom. The van der Waals surface area contributed by atoms with Gasteiger partial charge in [0, 0.05) is 12.6 Å². The van der Waals surface area contributed by atoms with Crippen LogP contribution >= 0.6 is 11.8 Å². The molecule has 0 bridgehead atoms. The van der Waals surface area contributed by atoms with Crippen LogP contribution in [-0.4, -0.2) is 39.2 Å². The average Bonchev–Trinajstić information content (AvgIpc) is 3.38. The van der Waals surface area contributed by atoms with Gasteiger partial charge in [0.05, 0.1) is 23.4 Å². The Bertz CT molecular complexity index is 1080. The summed E-state index contributed by atoms with van der Waals surface area (Å²) in [4.78, 5) is 31.3.